The van der Waals surface area contributed by atoms with Crippen LogP contribution >= 0.6 is 0 Å². The zero-order valence-electron chi connectivity index (χ0n) is 9.48. The van der Waals surface area contributed by atoms with E-state index < -0.39 is 4.92 Å². The fourth-order valence-corrected chi connectivity index (χ4v) is 1.16. The van der Waals surface area contributed by atoms with Crippen LogP contribution in [0, 0.1) is 10.1 Å². The Kier molecular flexibility index (Phi) is 5.02. The first-order chi connectivity index (χ1) is 8.17. The summed E-state index contributed by atoms with van der Waals surface area (Å²) in [6, 6.07) is 5.72. The van der Waals surface area contributed by atoms with Gasteiger partial charge in [0.1, 0.15) is 6.73 Å². The van der Waals surface area contributed by atoms with Crippen LogP contribution in [0.3, 0.4) is 0 Å². The molecule has 0 aliphatic carbocycles. The summed E-state index contributed by atoms with van der Waals surface area (Å²) in [5.41, 5.74) is 0.515. The number of benzene rings is 1. The summed E-state index contributed by atoms with van der Waals surface area (Å²) in [7, 11) is 0. The van der Waals surface area contributed by atoms with E-state index in [9.17, 15) is 10.1 Å². The van der Waals surface area contributed by atoms with E-state index in [-0.39, 0.29) is 12.4 Å². The van der Waals surface area contributed by atoms with Gasteiger partial charge in [0.25, 0.3) is 5.69 Å². The van der Waals surface area contributed by atoms with Gasteiger partial charge in [-0.3, -0.25) is 15.1 Å². The molecule has 92 valence electrons. The predicted octanol–water partition coefficient (Wildman–Crippen LogP) is 2.26. The number of hydrogen-bond acceptors (Lipinski definition) is 5. The second-order valence-electron chi connectivity index (χ2n) is 3.33. The van der Waals surface area contributed by atoms with E-state index in [0.717, 1.165) is 6.42 Å². The SMILES string of the molecule is CCCN(CO)N=Nc1ccc([N+](=O)[O-])cc1. The van der Waals surface area contributed by atoms with Crippen LogP contribution in [-0.4, -0.2) is 28.3 Å². The van der Waals surface area contributed by atoms with Gasteiger partial charge in [0.15, 0.2) is 0 Å². The smallest absolute Gasteiger partial charge is 0.269 e. The topological polar surface area (TPSA) is 91.3 Å². The van der Waals surface area contributed by atoms with Crippen molar-refractivity contribution in [3.05, 3.63) is 34.4 Å². The van der Waals surface area contributed by atoms with Gasteiger partial charge < -0.3 is 5.11 Å². The van der Waals surface area contributed by atoms with E-state index in [1.165, 1.54) is 29.3 Å². The van der Waals surface area contributed by atoms with Crippen molar-refractivity contribution < 1.29 is 10.0 Å². The number of nitrogens with zero attached hydrogens (tertiary/aromatic N) is 4. The Morgan fingerprint density at radius 2 is 2.06 bits per heavy atom. The minimum absolute atomic E-state index is 0.0107. The Morgan fingerprint density at radius 1 is 1.41 bits per heavy atom. The van der Waals surface area contributed by atoms with Gasteiger partial charge in [-0.2, -0.15) is 0 Å². The summed E-state index contributed by atoms with van der Waals surface area (Å²) < 4.78 is 0. The quantitative estimate of drug-likeness (QED) is 0.356. The maximum Gasteiger partial charge on any atom is 0.269 e. The molecule has 0 radical (unpaired) electrons. The van der Waals surface area contributed by atoms with Crippen molar-refractivity contribution in [2.24, 2.45) is 10.3 Å². The van der Waals surface area contributed by atoms with Gasteiger partial charge in [-0.15, -0.1) is 5.11 Å². The lowest BCUT2D eigenvalue weighted by Crippen LogP contribution is -2.18. The first-order valence-corrected chi connectivity index (χ1v) is 5.19. The van der Waals surface area contributed by atoms with Gasteiger partial charge in [0.05, 0.1) is 10.6 Å². The van der Waals surface area contributed by atoms with Gasteiger partial charge in [-0.05, 0) is 18.6 Å². The van der Waals surface area contributed by atoms with Crippen LogP contribution in [0.2, 0.25) is 0 Å². The van der Waals surface area contributed by atoms with Crippen molar-refractivity contribution >= 4 is 11.4 Å². The highest BCUT2D eigenvalue weighted by Crippen LogP contribution is 2.18. The second-order valence-corrected chi connectivity index (χ2v) is 3.33. The average molecular weight is 238 g/mol. The number of hydrogen-bond donors (Lipinski definition) is 1. The summed E-state index contributed by atoms with van der Waals surface area (Å²) in [5.74, 6) is 0. The molecule has 0 aliphatic heterocycles. The Balaban J connectivity index is 2.67. The van der Waals surface area contributed by atoms with Crippen molar-refractivity contribution in [1.29, 1.82) is 0 Å². The number of nitro groups is 1. The molecule has 0 saturated carbocycles. The number of non-ortho nitro benzene ring substituents is 1. The summed E-state index contributed by atoms with van der Waals surface area (Å²) in [5, 5.41) is 28.4. The molecule has 1 N–H and O–H groups in total. The molecule has 0 amide bonds. The average Bonchev–Trinajstić information content (AvgIpc) is 2.35. The first-order valence-electron chi connectivity index (χ1n) is 5.19. The molecule has 1 aromatic rings. The molecule has 7 heteroatoms. The molecule has 0 saturated heterocycles. The number of aliphatic hydroxyl groups excluding tert-OH is 1. The molecule has 1 aromatic carbocycles. The molecule has 0 atom stereocenters. The van der Waals surface area contributed by atoms with Crippen molar-refractivity contribution in [2.45, 2.75) is 13.3 Å². The molecule has 0 fully saturated rings. The lowest BCUT2D eigenvalue weighted by Gasteiger charge is -2.11. The van der Waals surface area contributed by atoms with Crippen molar-refractivity contribution in [3.63, 3.8) is 0 Å². The van der Waals surface area contributed by atoms with Crippen LogP contribution in [0.1, 0.15) is 13.3 Å². The lowest BCUT2D eigenvalue weighted by molar-refractivity contribution is -0.384. The number of aliphatic hydroxyl groups is 1. The Bertz CT molecular complexity index is 391. The maximum absolute atomic E-state index is 10.4. The summed E-state index contributed by atoms with van der Waals surface area (Å²) >= 11 is 0. The summed E-state index contributed by atoms with van der Waals surface area (Å²) in [6.45, 7) is 2.36. The van der Waals surface area contributed by atoms with Crippen molar-refractivity contribution in [2.75, 3.05) is 13.3 Å². The normalized spacial score (nSPS) is 10.7. The first kappa shape index (κ1) is 13.0. The molecule has 0 aliphatic rings. The Hall–Kier alpha value is -2.02. The second kappa shape index (κ2) is 6.54. The zero-order chi connectivity index (χ0) is 12.7. The highest BCUT2D eigenvalue weighted by molar-refractivity contribution is 5.43. The minimum atomic E-state index is -0.474. The highest BCUT2D eigenvalue weighted by Gasteiger charge is 2.03. The molecule has 0 aromatic heterocycles. The molecule has 0 bridgehead atoms. The minimum Gasteiger partial charge on any atom is -0.375 e. The molecular weight excluding hydrogens is 224 g/mol. The molecule has 17 heavy (non-hydrogen) atoms. The largest absolute Gasteiger partial charge is 0.375 e. The van der Waals surface area contributed by atoms with Crippen molar-refractivity contribution in [3.8, 4) is 0 Å². The molecule has 0 unspecified atom stereocenters. The zero-order valence-corrected chi connectivity index (χ0v) is 9.48. The number of nitro benzene ring substituents is 1. The number of rotatable bonds is 6. The molecular formula is C10H14N4O3. The van der Waals surface area contributed by atoms with Crippen LogP contribution in [0.15, 0.2) is 34.6 Å². The maximum atomic E-state index is 10.4. The highest BCUT2D eigenvalue weighted by atomic mass is 16.6. The van der Waals surface area contributed by atoms with Crippen molar-refractivity contribution in [1.82, 2.24) is 5.01 Å². The predicted molar refractivity (Wildman–Crippen MR) is 61.7 cm³/mol. The van der Waals surface area contributed by atoms with Crippen LogP contribution in [0.4, 0.5) is 11.4 Å². The van der Waals surface area contributed by atoms with E-state index in [1.54, 1.807) is 0 Å². The van der Waals surface area contributed by atoms with Crippen LogP contribution in [-0.2, 0) is 0 Å². The van der Waals surface area contributed by atoms with Gasteiger partial charge in [0, 0.05) is 18.7 Å². The van der Waals surface area contributed by atoms with E-state index in [4.69, 9.17) is 5.11 Å². The van der Waals surface area contributed by atoms with E-state index in [0.29, 0.717) is 12.2 Å². The van der Waals surface area contributed by atoms with E-state index in [1.807, 2.05) is 6.92 Å². The Morgan fingerprint density at radius 3 is 2.53 bits per heavy atom. The fraction of sp³-hybridized carbons (Fsp3) is 0.400. The molecule has 0 heterocycles. The van der Waals surface area contributed by atoms with Crippen LogP contribution < -0.4 is 0 Å². The van der Waals surface area contributed by atoms with Gasteiger partial charge in [-0.25, -0.2) is 0 Å². The third-order valence-corrected chi connectivity index (χ3v) is 1.99. The van der Waals surface area contributed by atoms with Crippen LogP contribution in [0.5, 0.6) is 0 Å². The summed E-state index contributed by atoms with van der Waals surface area (Å²) in [6.07, 6.45) is 0.847. The van der Waals surface area contributed by atoms with E-state index in [2.05, 4.69) is 10.3 Å². The summed E-state index contributed by atoms with van der Waals surface area (Å²) in [4.78, 5) is 9.95. The fourth-order valence-electron chi connectivity index (χ4n) is 1.16. The molecule has 0 spiro atoms. The molecule has 1 rings (SSSR count). The van der Waals surface area contributed by atoms with Crippen LogP contribution in [0.25, 0.3) is 0 Å². The van der Waals surface area contributed by atoms with Gasteiger partial charge >= 0.3 is 0 Å². The standard InChI is InChI=1S/C10H14N4O3/c1-2-7-13(8-15)12-11-9-3-5-10(6-4-9)14(16)17/h3-6,15H,2,7-8H2,1H3. The molecule has 7 nitrogen and oxygen atoms in total. The lowest BCUT2D eigenvalue weighted by atomic mass is 10.3. The van der Waals surface area contributed by atoms with E-state index >= 15 is 0 Å². The van der Waals surface area contributed by atoms with Gasteiger partial charge in [-0.1, -0.05) is 12.1 Å². The third-order valence-electron chi connectivity index (χ3n) is 1.99. The van der Waals surface area contributed by atoms with Gasteiger partial charge in [0.2, 0.25) is 0 Å². The monoisotopic (exact) mass is 238 g/mol. The third kappa shape index (κ3) is 4.15. The Labute approximate surface area is 98.5 Å².